The molecule has 8 heteroatoms. The maximum Gasteiger partial charge on any atom is 0.237 e. The van der Waals surface area contributed by atoms with Crippen molar-refractivity contribution in [3.8, 4) is 0 Å². The Morgan fingerprint density at radius 2 is 2.14 bits per heavy atom. The first-order chi connectivity index (χ1) is 13.4. The van der Waals surface area contributed by atoms with Gasteiger partial charge in [0.25, 0.3) is 0 Å². The molecule has 6 nitrogen and oxygen atoms in total. The fourth-order valence-electron chi connectivity index (χ4n) is 3.42. The fourth-order valence-corrected chi connectivity index (χ4v) is 3.99. The third-order valence-electron chi connectivity index (χ3n) is 4.84. The molecule has 2 heterocycles. The first-order valence-corrected chi connectivity index (χ1v) is 9.98. The van der Waals surface area contributed by atoms with E-state index in [0.29, 0.717) is 28.9 Å². The largest absolute Gasteiger partial charge is 0.467 e. The predicted octanol–water partition coefficient (Wildman–Crippen LogP) is 3.54. The van der Waals surface area contributed by atoms with Crippen molar-refractivity contribution in [2.45, 2.75) is 38.4 Å². The minimum Gasteiger partial charge on any atom is -0.467 e. The van der Waals surface area contributed by atoms with Crippen molar-refractivity contribution in [2.75, 3.05) is 13.1 Å². The lowest BCUT2D eigenvalue weighted by Crippen LogP contribution is -2.47. The van der Waals surface area contributed by atoms with Crippen molar-refractivity contribution in [1.82, 2.24) is 15.5 Å². The Labute approximate surface area is 174 Å². The van der Waals surface area contributed by atoms with Crippen LogP contribution in [0, 0.1) is 0 Å². The summed E-state index contributed by atoms with van der Waals surface area (Å²) in [4.78, 5) is 26.9. The summed E-state index contributed by atoms with van der Waals surface area (Å²) >= 11 is 12.1. The summed E-state index contributed by atoms with van der Waals surface area (Å²) in [6.07, 6.45) is 3.18. The minimum atomic E-state index is -0.310. The van der Waals surface area contributed by atoms with Gasteiger partial charge in [-0.2, -0.15) is 0 Å². The quantitative estimate of drug-likeness (QED) is 0.713. The van der Waals surface area contributed by atoms with Crippen LogP contribution in [-0.4, -0.2) is 35.8 Å². The highest BCUT2D eigenvalue weighted by atomic mass is 35.5. The summed E-state index contributed by atoms with van der Waals surface area (Å²) < 4.78 is 5.23. The lowest BCUT2D eigenvalue weighted by atomic mass is 10.1. The van der Waals surface area contributed by atoms with Gasteiger partial charge in [0, 0.05) is 10.0 Å². The molecule has 0 radical (unpaired) electrons. The van der Waals surface area contributed by atoms with Gasteiger partial charge in [-0.05, 0) is 56.1 Å². The van der Waals surface area contributed by atoms with Gasteiger partial charge in [0.15, 0.2) is 0 Å². The van der Waals surface area contributed by atoms with Crippen LogP contribution in [0.4, 0.5) is 0 Å². The summed E-state index contributed by atoms with van der Waals surface area (Å²) in [6, 6.07) is 8.22. The van der Waals surface area contributed by atoms with Crippen LogP contribution in [-0.2, 0) is 16.1 Å². The van der Waals surface area contributed by atoms with Crippen LogP contribution in [0.3, 0.4) is 0 Å². The molecule has 0 spiro atoms. The second-order valence-corrected chi connectivity index (χ2v) is 7.72. The molecule has 0 unspecified atom stereocenters. The maximum absolute atomic E-state index is 12.5. The van der Waals surface area contributed by atoms with Crippen molar-refractivity contribution in [3.05, 3.63) is 58.0 Å². The number of hydrogen-bond acceptors (Lipinski definition) is 4. The average Bonchev–Trinajstić information content (AvgIpc) is 3.31. The van der Waals surface area contributed by atoms with Gasteiger partial charge in [-0.15, -0.1) is 0 Å². The highest BCUT2D eigenvalue weighted by Crippen LogP contribution is 2.26. The minimum absolute atomic E-state index is 0.0875. The summed E-state index contributed by atoms with van der Waals surface area (Å²) in [5.74, 6) is 0.462. The number of carbonyl (C=O) groups excluding carboxylic acids is 2. The van der Waals surface area contributed by atoms with Crippen molar-refractivity contribution in [3.63, 3.8) is 0 Å². The number of likely N-dealkylation sites (tertiary alicyclic amines) is 1. The van der Waals surface area contributed by atoms with Gasteiger partial charge >= 0.3 is 0 Å². The fraction of sp³-hybridized carbons (Fsp3) is 0.400. The Hall–Kier alpha value is -2.02. The van der Waals surface area contributed by atoms with E-state index in [2.05, 4.69) is 10.6 Å². The molecule has 150 valence electrons. The molecule has 0 bridgehead atoms. The van der Waals surface area contributed by atoms with Crippen LogP contribution < -0.4 is 10.6 Å². The van der Waals surface area contributed by atoms with E-state index >= 15 is 0 Å². The third kappa shape index (κ3) is 5.28. The maximum atomic E-state index is 12.5. The number of furan rings is 1. The van der Waals surface area contributed by atoms with E-state index in [1.807, 2.05) is 17.9 Å². The van der Waals surface area contributed by atoms with E-state index in [1.165, 1.54) is 0 Å². The Kier molecular flexibility index (Phi) is 6.99. The molecular formula is C20H23Cl2N3O3. The van der Waals surface area contributed by atoms with E-state index in [0.717, 1.165) is 18.4 Å². The number of benzene rings is 1. The summed E-state index contributed by atoms with van der Waals surface area (Å²) in [5, 5.41) is 6.88. The van der Waals surface area contributed by atoms with E-state index in [-0.39, 0.29) is 30.4 Å². The Bertz CT molecular complexity index is 826. The number of halogens is 2. The van der Waals surface area contributed by atoms with Crippen LogP contribution in [0.1, 0.15) is 37.1 Å². The van der Waals surface area contributed by atoms with Gasteiger partial charge in [0.05, 0.1) is 31.4 Å². The zero-order valence-corrected chi connectivity index (χ0v) is 17.1. The molecule has 1 aliphatic rings. The van der Waals surface area contributed by atoms with Crippen LogP contribution in [0.15, 0.2) is 41.0 Å². The number of rotatable bonds is 7. The number of carbonyl (C=O) groups is 2. The molecule has 3 rings (SSSR count). The highest BCUT2D eigenvalue weighted by molar-refractivity contribution is 6.35. The Morgan fingerprint density at radius 1 is 1.32 bits per heavy atom. The zero-order valence-electron chi connectivity index (χ0n) is 15.6. The van der Waals surface area contributed by atoms with Gasteiger partial charge in [-0.3, -0.25) is 14.5 Å². The standard InChI is InChI=1S/C20H23Cl2N3O3/c1-13(16-7-6-14(21)10-17(16)22)24-19(26)12-25-8-2-5-18(25)20(27)23-11-15-4-3-9-28-15/h3-4,6-7,9-10,13,18H,2,5,8,11-12H2,1H3,(H,23,27)(H,24,26)/t13-,18-/m1/s1. The van der Waals surface area contributed by atoms with Gasteiger partial charge < -0.3 is 15.1 Å². The van der Waals surface area contributed by atoms with Gasteiger partial charge in [0.2, 0.25) is 11.8 Å². The molecular weight excluding hydrogens is 401 g/mol. The predicted molar refractivity (Wildman–Crippen MR) is 108 cm³/mol. The third-order valence-corrected chi connectivity index (χ3v) is 5.40. The normalized spacial score (nSPS) is 18.0. The van der Waals surface area contributed by atoms with Crippen LogP contribution >= 0.6 is 23.2 Å². The molecule has 0 saturated carbocycles. The van der Waals surface area contributed by atoms with Crippen LogP contribution in [0.5, 0.6) is 0 Å². The monoisotopic (exact) mass is 423 g/mol. The average molecular weight is 424 g/mol. The second kappa shape index (κ2) is 9.45. The molecule has 2 N–H and O–H groups in total. The Morgan fingerprint density at radius 3 is 2.86 bits per heavy atom. The summed E-state index contributed by atoms with van der Waals surface area (Å²) in [6.45, 7) is 3.08. The second-order valence-electron chi connectivity index (χ2n) is 6.88. The molecule has 2 atom stereocenters. The van der Waals surface area contributed by atoms with E-state index < -0.39 is 0 Å². The van der Waals surface area contributed by atoms with Crippen molar-refractivity contribution < 1.29 is 14.0 Å². The topological polar surface area (TPSA) is 74.6 Å². The number of hydrogen-bond donors (Lipinski definition) is 2. The first-order valence-electron chi connectivity index (χ1n) is 9.22. The van der Waals surface area contributed by atoms with E-state index in [1.54, 1.807) is 30.5 Å². The first kappa shape index (κ1) is 20.7. The Balaban J connectivity index is 1.52. The van der Waals surface area contributed by atoms with Crippen molar-refractivity contribution in [2.24, 2.45) is 0 Å². The van der Waals surface area contributed by atoms with E-state index in [9.17, 15) is 9.59 Å². The van der Waals surface area contributed by atoms with Crippen LogP contribution in [0.25, 0.3) is 0 Å². The van der Waals surface area contributed by atoms with Crippen LogP contribution in [0.2, 0.25) is 10.0 Å². The number of nitrogens with one attached hydrogen (secondary N) is 2. The van der Waals surface area contributed by atoms with E-state index in [4.69, 9.17) is 27.6 Å². The van der Waals surface area contributed by atoms with Crippen molar-refractivity contribution in [1.29, 1.82) is 0 Å². The highest BCUT2D eigenvalue weighted by Gasteiger charge is 2.32. The molecule has 28 heavy (non-hydrogen) atoms. The van der Waals surface area contributed by atoms with Crippen molar-refractivity contribution >= 4 is 35.0 Å². The van der Waals surface area contributed by atoms with Gasteiger partial charge in [-0.1, -0.05) is 29.3 Å². The van der Waals surface area contributed by atoms with Gasteiger partial charge in [-0.25, -0.2) is 0 Å². The molecule has 2 aromatic rings. The van der Waals surface area contributed by atoms with Gasteiger partial charge in [0.1, 0.15) is 5.76 Å². The molecule has 1 aromatic heterocycles. The number of amides is 2. The zero-order chi connectivity index (χ0) is 20.1. The summed E-state index contributed by atoms with van der Waals surface area (Å²) in [5.41, 5.74) is 0.800. The number of nitrogens with zero attached hydrogens (tertiary/aromatic N) is 1. The smallest absolute Gasteiger partial charge is 0.237 e. The lowest BCUT2D eigenvalue weighted by molar-refractivity contribution is -0.128. The molecule has 0 aliphatic carbocycles. The molecule has 2 amide bonds. The molecule has 1 aliphatic heterocycles. The molecule has 1 saturated heterocycles. The molecule has 1 fully saturated rings. The summed E-state index contributed by atoms with van der Waals surface area (Å²) in [7, 11) is 0. The lowest BCUT2D eigenvalue weighted by Gasteiger charge is -2.24. The SMILES string of the molecule is C[C@@H](NC(=O)CN1CCC[C@@H]1C(=O)NCc1ccco1)c1ccc(Cl)cc1Cl. The molecule has 1 aromatic carbocycles.